The Labute approximate surface area is 97.7 Å². The fourth-order valence-electron chi connectivity index (χ4n) is 3.49. The fourth-order valence-corrected chi connectivity index (χ4v) is 3.49. The van der Waals surface area contributed by atoms with Crippen molar-refractivity contribution in [1.29, 1.82) is 0 Å². The molecule has 3 fully saturated rings. The van der Waals surface area contributed by atoms with Crippen molar-refractivity contribution in [3.63, 3.8) is 0 Å². The minimum Gasteiger partial charge on any atom is -0.360 e. The molecule has 3 aliphatic rings. The Morgan fingerprint density at radius 3 is 2.31 bits per heavy atom. The highest BCUT2D eigenvalue weighted by molar-refractivity contribution is 4.96. The van der Waals surface area contributed by atoms with Gasteiger partial charge < -0.3 is 4.74 Å². The molecule has 0 spiro atoms. The van der Waals surface area contributed by atoms with Crippen molar-refractivity contribution in [3.8, 4) is 0 Å². The van der Waals surface area contributed by atoms with E-state index in [9.17, 15) is 0 Å². The second-order valence-electron chi connectivity index (χ2n) is 5.72. The smallest absolute Gasteiger partial charge is 0.114 e. The van der Waals surface area contributed by atoms with Gasteiger partial charge in [-0.3, -0.25) is 10.6 Å². The van der Waals surface area contributed by atoms with E-state index in [0.717, 1.165) is 12.8 Å². The molecule has 3 rings (SSSR count). The lowest BCUT2D eigenvalue weighted by molar-refractivity contribution is -0.218. The summed E-state index contributed by atoms with van der Waals surface area (Å²) in [6.45, 7) is 6.75. The lowest BCUT2D eigenvalue weighted by Crippen LogP contribution is -2.73. The van der Waals surface area contributed by atoms with Gasteiger partial charge in [0.15, 0.2) is 0 Å². The normalized spacial score (nSPS) is 53.4. The molecule has 0 aromatic heterocycles. The van der Waals surface area contributed by atoms with Crippen LogP contribution in [0.4, 0.5) is 0 Å². The molecular formula is C12H23N3O. The van der Waals surface area contributed by atoms with Crippen molar-refractivity contribution in [2.24, 2.45) is 0 Å². The monoisotopic (exact) mass is 225 g/mol. The third-order valence-corrected chi connectivity index (χ3v) is 4.08. The van der Waals surface area contributed by atoms with Gasteiger partial charge in [0.05, 0.1) is 18.4 Å². The third kappa shape index (κ3) is 1.78. The van der Waals surface area contributed by atoms with Gasteiger partial charge in [0.2, 0.25) is 0 Å². The quantitative estimate of drug-likeness (QED) is 0.640. The number of ether oxygens (including phenoxy) is 1. The molecule has 0 aromatic rings. The van der Waals surface area contributed by atoms with Crippen LogP contribution in [-0.2, 0) is 4.74 Å². The summed E-state index contributed by atoms with van der Waals surface area (Å²) in [5, 5.41) is 7.40. The standard InChI is InChI=1S/C12H23N3O/c1-7-4-10-14-8(2)5-12-15(10)11(13-7)6-9(3)16-12/h7-14H,4-6H2,1-3H3. The van der Waals surface area contributed by atoms with Crippen LogP contribution in [0.2, 0.25) is 0 Å². The van der Waals surface area contributed by atoms with Crippen molar-refractivity contribution in [2.45, 2.75) is 76.8 Å². The number of hydrogen-bond acceptors (Lipinski definition) is 4. The maximum atomic E-state index is 6.08. The van der Waals surface area contributed by atoms with E-state index in [4.69, 9.17) is 4.74 Å². The molecule has 4 heteroatoms. The Bertz CT molecular complexity index is 212. The summed E-state index contributed by atoms with van der Waals surface area (Å²) < 4.78 is 6.08. The van der Waals surface area contributed by atoms with Crippen LogP contribution in [0.1, 0.15) is 40.0 Å². The molecule has 6 atom stereocenters. The minimum atomic E-state index is 0.315. The second kappa shape index (κ2) is 3.95. The van der Waals surface area contributed by atoms with Crippen LogP contribution in [0.15, 0.2) is 0 Å². The summed E-state index contributed by atoms with van der Waals surface area (Å²) in [5.41, 5.74) is 0. The molecule has 6 unspecified atom stereocenters. The summed E-state index contributed by atoms with van der Waals surface area (Å²) in [7, 11) is 0. The van der Waals surface area contributed by atoms with Crippen molar-refractivity contribution < 1.29 is 4.74 Å². The van der Waals surface area contributed by atoms with E-state index >= 15 is 0 Å². The highest BCUT2D eigenvalue weighted by Crippen LogP contribution is 2.32. The van der Waals surface area contributed by atoms with Gasteiger partial charge >= 0.3 is 0 Å². The van der Waals surface area contributed by atoms with Gasteiger partial charge in [-0.1, -0.05) is 0 Å². The molecule has 3 saturated heterocycles. The Balaban J connectivity index is 1.83. The van der Waals surface area contributed by atoms with Gasteiger partial charge in [-0.05, 0) is 27.2 Å². The summed E-state index contributed by atoms with van der Waals surface area (Å²) in [6, 6.07) is 1.18. The molecule has 2 N–H and O–H groups in total. The molecule has 0 aliphatic carbocycles. The van der Waals surface area contributed by atoms with Crippen molar-refractivity contribution in [1.82, 2.24) is 15.5 Å². The Hall–Kier alpha value is -0.160. The zero-order valence-electron chi connectivity index (χ0n) is 10.4. The average molecular weight is 225 g/mol. The second-order valence-corrected chi connectivity index (χ2v) is 5.72. The highest BCUT2D eigenvalue weighted by Gasteiger charge is 2.45. The van der Waals surface area contributed by atoms with Crippen LogP contribution in [0, 0.1) is 0 Å². The molecule has 0 radical (unpaired) electrons. The molecule has 0 saturated carbocycles. The molecular weight excluding hydrogens is 202 g/mol. The van der Waals surface area contributed by atoms with Crippen molar-refractivity contribution in [2.75, 3.05) is 0 Å². The molecule has 4 nitrogen and oxygen atoms in total. The maximum absolute atomic E-state index is 6.08. The first-order valence-corrected chi connectivity index (χ1v) is 6.58. The van der Waals surface area contributed by atoms with Gasteiger partial charge in [-0.25, -0.2) is 4.90 Å². The zero-order chi connectivity index (χ0) is 11.3. The van der Waals surface area contributed by atoms with E-state index in [0.29, 0.717) is 36.7 Å². The molecule has 92 valence electrons. The number of hydrogen-bond donors (Lipinski definition) is 2. The Morgan fingerprint density at radius 2 is 1.56 bits per heavy atom. The lowest BCUT2D eigenvalue weighted by Gasteiger charge is -2.56. The predicted octanol–water partition coefficient (Wildman–Crippen LogP) is 0.839. The zero-order valence-corrected chi connectivity index (χ0v) is 10.4. The van der Waals surface area contributed by atoms with Crippen molar-refractivity contribution >= 4 is 0 Å². The maximum Gasteiger partial charge on any atom is 0.114 e. The van der Waals surface area contributed by atoms with Gasteiger partial charge in [-0.2, -0.15) is 0 Å². The fraction of sp³-hybridized carbons (Fsp3) is 1.00. The van der Waals surface area contributed by atoms with Gasteiger partial charge in [0.25, 0.3) is 0 Å². The van der Waals surface area contributed by atoms with E-state index in [2.05, 4.69) is 36.3 Å². The number of nitrogens with zero attached hydrogens (tertiary/aromatic N) is 1. The first kappa shape index (κ1) is 11.0. The van der Waals surface area contributed by atoms with E-state index in [1.165, 1.54) is 6.42 Å². The molecule has 0 bridgehead atoms. The first-order chi connectivity index (χ1) is 7.63. The molecule has 16 heavy (non-hydrogen) atoms. The van der Waals surface area contributed by atoms with Crippen molar-refractivity contribution in [3.05, 3.63) is 0 Å². The van der Waals surface area contributed by atoms with E-state index < -0.39 is 0 Å². The lowest BCUT2D eigenvalue weighted by atomic mass is 9.96. The number of rotatable bonds is 0. The Kier molecular flexibility index (Phi) is 2.70. The Morgan fingerprint density at radius 1 is 0.938 bits per heavy atom. The minimum absolute atomic E-state index is 0.315. The molecule has 0 aromatic carbocycles. The third-order valence-electron chi connectivity index (χ3n) is 4.08. The highest BCUT2D eigenvalue weighted by atomic mass is 16.5. The molecule has 3 aliphatic heterocycles. The molecule has 0 amide bonds. The summed E-state index contributed by atoms with van der Waals surface area (Å²) in [4.78, 5) is 2.51. The van der Waals surface area contributed by atoms with Crippen LogP contribution < -0.4 is 10.6 Å². The van der Waals surface area contributed by atoms with Crippen LogP contribution in [0.3, 0.4) is 0 Å². The van der Waals surface area contributed by atoms with Gasteiger partial charge in [0, 0.05) is 24.9 Å². The average Bonchev–Trinajstić information content (AvgIpc) is 2.14. The van der Waals surface area contributed by atoms with Gasteiger partial charge in [0.1, 0.15) is 6.23 Å². The first-order valence-electron chi connectivity index (χ1n) is 6.58. The summed E-state index contributed by atoms with van der Waals surface area (Å²) in [5.74, 6) is 0. The van der Waals surface area contributed by atoms with Crippen LogP contribution in [-0.4, -0.2) is 41.6 Å². The van der Waals surface area contributed by atoms with E-state index in [-0.39, 0.29) is 0 Å². The van der Waals surface area contributed by atoms with Crippen LogP contribution in [0.25, 0.3) is 0 Å². The van der Waals surface area contributed by atoms with Gasteiger partial charge in [-0.15, -0.1) is 0 Å². The predicted molar refractivity (Wildman–Crippen MR) is 62.8 cm³/mol. The molecule has 3 heterocycles. The summed E-state index contributed by atoms with van der Waals surface area (Å²) in [6.07, 6.45) is 5.09. The largest absolute Gasteiger partial charge is 0.360 e. The van der Waals surface area contributed by atoms with Crippen LogP contribution >= 0.6 is 0 Å². The van der Waals surface area contributed by atoms with Crippen LogP contribution in [0.5, 0.6) is 0 Å². The number of nitrogens with one attached hydrogen (secondary N) is 2. The summed E-state index contributed by atoms with van der Waals surface area (Å²) >= 11 is 0. The topological polar surface area (TPSA) is 36.5 Å². The SMILES string of the molecule is CC1CC2OC(C)CC3NC(C)CC(N1)N32. The van der Waals surface area contributed by atoms with E-state index in [1.54, 1.807) is 0 Å². The van der Waals surface area contributed by atoms with E-state index in [1.807, 2.05) is 0 Å².